The van der Waals surface area contributed by atoms with E-state index in [1.165, 1.54) is 0 Å². The molecule has 1 fully saturated rings. The normalized spacial score (nSPS) is 14.7. The van der Waals surface area contributed by atoms with Crippen molar-refractivity contribution >= 4 is 5.91 Å². The first-order chi connectivity index (χ1) is 12.7. The molecule has 1 aliphatic rings. The number of piperazine rings is 1. The molecule has 1 heterocycles. The summed E-state index contributed by atoms with van der Waals surface area (Å²) in [6.07, 6.45) is 0.369. The predicted molar refractivity (Wildman–Crippen MR) is 99.7 cm³/mol. The van der Waals surface area contributed by atoms with Gasteiger partial charge in [0, 0.05) is 38.3 Å². The van der Waals surface area contributed by atoms with Crippen LogP contribution in [0.2, 0.25) is 0 Å². The molecule has 0 aromatic heterocycles. The largest absolute Gasteiger partial charge is 0.496 e. The van der Waals surface area contributed by atoms with E-state index in [4.69, 9.17) is 10.00 Å². The van der Waals surface area contributed by atoms with Gasteiger partial charge in [0.25, 0.3) is 0 Å². The third-order valence-electron chi connectivity index (χ3n) is 4.72. The van der Waals surface area contributed by atoms with Gasteiger partial charge in [-0.05, 0) is 23.8 Å². The Kier molecular flexibility index (Phi) is 5.88. The van der Waals surface area contributed by atoms with Crippen molar-refractivity contribution in [2.75, 3.05) is 33.3 Å². The van der Waals surface area contributed by atoms with Crippen LogP contribution in [-0.4, -0.2) is 49.0 Å². The second kappa shape index (κ2) is 8.50. The predicted octanol–water partition coefficient (Wildman–Crippen LogP) is 2.45. The molecule has 1 saturated heterocycles. The Labute approximate surface area is 154 Å². The van der Waals surface area contributed by atoms with Crippen molar-refractivity contribution in [2.24, 2.45) is 0 Å². The summed E-state index contributed by atoms with van der Waals surface area (Å²) >= 11 is 0. The fourth-order valence-corrected chi connectivity index (χ4v) is 3.28. The lowest BCUT2D eigenvalue weighted by Gasteiger charge is -2.35. The van der Waals surface area contributed by atoms with Crippen LogP contribution in [0, 0.1) is 11.3 Å². The highest BCUT2D eigenvalue weighted by Crippen LogP contribution is 2.19. The first-order valence-electron chi connectivity index (χ1n) is 8.80. The van der Waals surface area contributed by atoms with Crippen molar-refractivity contribution in [3.8, 4) is 11.8 Å². The average Bonchev–Trinajstić information content (AvgIpc) is 2.69. The van der Waals surface area contributed by atoms with Crippen LogP contribution in [0.4, 0.5) is 0 Å². The Morgan fingerprint density at radius 2 is 1.88 bits per heavy atom. The topological polar surface area (TPSA) is 56.6 Å². The highest BCUT2D eigenvalue weighted by Gasteiger charge is 2.22. The number of amides is 1. The number of benzene rings is 2. The third-order valence-corrected chi connectivity index (χ3v) is 4.72. The lowest BCUT2D eigenvalue weighted by atomic mass is 10.1. The Bertz CT molecular complexity index is 805. The number of nitriles is 1. The van der Waals surface area contributed by atoms with Crippen LogP contribution < -0.4 is 4.74 Å². The third kappa shape index (κ3) is 4.41. The molecule has 3 rings (SSSR count). The lowest BCUT2D eigenvalue weighted by molar-refractivity contribution is -0.132. The molecule has 0 unspecified atom stereocenters. The number of carbonyl (C=O) groups is 1. The zero-order chi connectivity index (χ0) is 18.4. The molecule has 0 saturated carbocycles. The molecular formula is C21H23N3O2. The van der Waals surface area contributed by atoms with Crippen LogP contribution in [0.25, 0.3) is 0 Å². The summed E-state index contributed by atoms with van der Waals surface area (Å²) in [6.45, 7) is 3.95. The number of nitrogens with zero attached hydrogens (tertiary/aromatic N) is 3. The van der Waals surface area contributed by atoms with Crippen molar-refractivity contribution in [3.63, 3.8) is 0 Å². The Morgan fingerprint density at radius 3 is 2.62 bits per heavy atom. The SMILES string of the molecule is COc1ccccc1CC(=O)N1CCN(Cc2cccc(C#N)c2)CC1. The van der Waals surface area contributed by atoms with Gasteiger partial charge in [-0.3, -0.25) is 9.69 Å². The number of hydrogen-bond donors (Lipinski definition) is 0. The van der Waals surface area contributed by atoms with Crippen molar-refractivity contribution in [1.82, 2.24) is 9.80 Å². The van der Waals surface area contributed by atoms with Crippen molar-refractivity contribution in [3.05, 3.63) is 65.2 Å². The van der Waals surface area contributed by atoms with E-state index in [1.807, 2.05) is 53.4 Å². The quantitative estimate of drug-likeness (QED) is 0.832. The first-order valence-corrected chi connectivity index (χ1v) is 8.80. The highest BCUT2D eigenvalue weighted by atomic mass is 16.5. The van der Waals surface area contributed by atoms with Crippen LogP contribution in [0.5, 0.6) is 5.75 Å². The minimum atomic E-state index is 0.139. The summed E-state index contributed by atoms with van der Waals surface area (Å²) in [5.41, 5.74) is 2.75. The molecule has 0 atom stereocenters. The number of para-hydroxylation sites is 1. The van der Waals surface area contributed by atoms with Crippen LogP contribution >= 0.6 is 0 Å². The van der Waals surface area contributed by atoms with Gasteiger partial charge in [0.1, 0.15) is 5.75 Å². The molecule has 5 nitrogen and oxygen atoms in total. The maximum atomic E-state index is 12.6. The van der Waals surface area contributed by atoms with Crippen molar-refractivity contribution < 1.29 is 9.53 Å². The van der Waals surface area contributed by atoms with Gasteiger partial charge in [-0.15, -0.1) is 0 Å². The molecule has 0 aliphatic carbocycles. The summed E-state index contributed by atoms with van der Waals surface area (Å²) in [5.74, 6) is 0.900. The second-order valence-electron chi connectivity index (χ2n) is 6.46. The fourth-order valence-electron chi connectivity index (χ4n) is 3.28. The van der Waals surface area contributed by atoms with Gasteiger partial charge in [-0.2, -0.15) is 5.26 Å². The van der Waals surface area contributed by atoms with E-state index in [-0.39, 0.29) is 5.91 Å². The van der Waals surface area contributed by atoms with Crippen LogP contribution in [0.1, 0.15) is 16.7 Å². The fraction of sp³-hybridized carbons (Fsp3) is 0.333. The summed E-state index contributed by atoms with van der Waals surface area (Å²) in [7, 11) is 1.63. The number of rotatable bonds is 5. The Hall–Kier alpha value is -2.84. The molecule has 0 spiro atoms. The van der Waals surface area contributed by atoms with E-state index in [9.17, 15) is 4.79 Å². The van der Waals surface area contributed by atoms with E-state index in [2.05, 4.69) is 11.0 Å². The van der Waals surface area contributed by atoms with E-state index >= 15 is 0 Å². The van der Waals surface area contributed by atoms with Crippen LogP contribution in [-0.2, 0) is 17.8 Å². The van der Waals surface area contributed by atoms with Gasteiger partial charge in [-0.25, -0.2) is 0 Å². The first kappa shape index (κ1) is 18.0. The van der Waals surface area contributed by atoms with Gasteiger partial charge in [-0.1, -0.05) is 30.3 Å². The molecular weight excluding hydrogens is 326 g/mol. The van der Waals surface area contributed by atoms with E-state index in [0.717, 1.165) is 49.6 Å². The number of ether oxygens (including phenoxy) is 1. The maximum absolute atomic E-state index is 12.6. The number of hydrogen-bond acceptors (Lipinski definition) is 4. The zero-order valence-electron chi connectivity index (χ0n) is 15.0. The van der Waals surface area contributed by atoms with Gasteiger partial charge in [0.05, 0.1) is 25.2 Å². The molecule has 1 amide bonds. The molecule has 134 valence electrons. The minimum absolute atomic E-state index is 0.139. The lowest BCUT2D eigenvalue weighted by Crippen LogP contribution is -2.48. The number of carbonyl (C=O) groups excluding carboxylic acids is 1. The standard InChI is InChI=1S/C21H23N3O2/c1-26-20-8-3-2-7-19(20)14-21(25)24-11-9-23(10-12-24)16-18-6-4-5-17(13-18)15-22/h2-8,13H,9-12,14,16H2,1H3. The molecule has 26 heavy (non-hydrogen) atoms. The number of methoxy groups -OCH3 is 1. The molecule has 2 aromatic carbocycles. The van der Waals surface area contributed by atoms with Crippen LogP contribution in [0.3, 0.4) is 0 Å². The highest BCUT2D eigenvalue weighted by molar-refractivity contribution is 5.79. The molecule has 2 aromatic rings. The van der Waals surface area contributed by atoms with Gasteiger partial charge < -0.3 is 9.64 Å². The Balaban J connectivity index is 1.53. The van der Waals surface area contributed by atoms with Gasteiger partial charge >= 0.3 is 0 Å². The smallest absolute Gasteiger partial charge is 0.227 e. The zero-order valence-corrected chi connectivity index (χ0v) is 15.0. The summed E-state index contributed by atoms with van der Waals surface area (Å²) in [6, 6.07) is 17.5. The van der Waals surface area contributed by atoms with Gasteiger partial charge in [0.15, 0.2) is 0 Å². The monoisotopic (exact) mass is 349 g/mol. The molecule has 1 aliphatic heterocycles. The van der Waals surface area contributed by atoms with Crippen molar-refractivity contribution in [1.29, 1.82) is 5.26 Å². The summed E-state index contributed by atoms with van der Waals surface area (Å²) < 4.78 is 5.33. The molecule has 5 heteroatoms. The molecule has 0 radical (unpaired) electrons. The van der Waals surface area contributed by atoms with Crippen molar-refractivity contribution in [2.45, 2.75) is 13.0 Å². The van der Waals surface area contributed by atoms with E-state index in [0.29, 0.717) is 12.0 Å². The average molecular weight is 349 g/mol. The van der Waals surface area contributed by atoms with Gasteiger partial charge in [0.2, 0.25) is 5.91 Å². The van der Waals surface area contributed by atoms with E-state index in [1.54, 1.807) is 7.11 Å². The summed E-state index contributed by atoms with van der Waals surface area (Å²) in [4.78, 5) is 16.8. The molecule has 0 bridgehead atoms. The van der Waals surface area contributed by atoms with Crippen LogP contribution in [0.15, 0.2) is 48.5 Å². The Morgan fingerprint density at radius 1 is 1.12 bits per heavy atom. The molecule has 0 N–H and O–H groups in total. The minimum Gasteiger partial charge on any atom is -0.496 e. The van der Waals surface area contributed by atoms with E-state index < -0.39 is 0 Å². The second-order valence-corrected chi connectivity index (χ2v) is 6.46. The maximum Gasteiger partial charge on any atom is 0.227 e. The summed E-state index contributed by atoms with van der Waals surface area (Å²) in [5, 5.41) is 9.01.